The van der Waals surface area contributed by atoms with Crippen LogP contribution in [-0.2, 0) is 10.0 Å². The Labute approximate surface area is 179 Å². The van der Waals surface area contributed by atoms with Crippen LogP contribution in [0.3, 0.4) is 0 Å². The molecule has 0 N–H and O–H groups in total. The second-order valence-electron chi connectivity index (χ2n) is 7.40. The second kappa shape index (κ2) is 7.66. The molecule has 1 aliphatic rings. The van der Waals surface area contributed by atoms with Crippen molar-refractivity contribution in [3.05, 3.63) is 52.6 Å². The summed E-state index contributed by atoms with van der Waals surface area (Å²) in [4.78, 5) is 4.70. The fraction of sp³-hybridized carbons (Fsp3) is 0.333. The molecule has 0 atom stereocenters. The van der Waals surface area contributed by atoms with E-state index in [1.807, 2.05) is 25.1 Å². The molecule has 0 aliphatic carbocycles. The van der Waals surface area contributed by atoms with Crippen LogP contribution in [0.5, 0.6) is 5.75 Å². The largest absolute Gasteiger partial charge is 0.495 e. The molecule has 29 heavy (non-hydrogen) atoms. The smallest absolute Gasteiger partial charge is 0.268 e. The summed E-state index contributed by atoms with van der Waals surface area (Å²) in [5.74, 6) is 0.685. The van der Waals surface area contributed by atoms with E-state index in [9.17, 15) is 8.42 Å². The van der Waals surface area contributed by atoms with Crippen molar-refractivity contribution in [2.45, 2.75) is 11.8 Å². The maximum absolute atomic E-state index is 13.5. The molecule has 0 bridgehead atoms. The number of benzene rings is 2. The average molecular weight is 478 g/mol. The Kier molecular flexibility index (Phi) is 5.35. The summed E-state index contributed by atoms with van der Waals surface area (Å²) >= 11 is 3.45. The van der Waals surface area contributed by atoms with Gasteiger partial charge >= 0.3 is 0 Å². The zero-order valence-corrected chi connectivity index (χ0v) is 19.1. The van der Waals surface area contributed by atoms with Gasteiger partial charge in [-0.2, -0.15) is 0 Å². The molecule has 1 saturated heterocycles. The van der Waals surface area contributed by atoms with Gasteiger partial charge in [0.1, 0.15) is 5.75 Å². The first kappa shape index (κ1) is 20.3. The van der Waals surface area contributed by atoms with Crippen molar-refractivity contribution in [1.82, 2.24) is 8.87 Å². The maximum Gasteiger partial charge on any atom is 0.268 e. The van der Waals surface area contributed by atoms with Crippen molar-refractivity contribution in [3.63, 3.8) is 0 Å². The standard InChI is InChI=1S/C21H24BrN3O3S/c1-15-14-25(19-12-16(22)4-6-18(15)19)29(26,27)17-5-7-21(28-3)20(13-17)24-10-8-23(2)9-11-24/h4-7,12-14H,8-11H2,1-3H3. The lowest BCUT2D eigenvalue weighted by molar-refractivity contribution is 0.311. The number of aryl methyl sites for hydroxylation is 1. The number of hydrogen-bond acceptors (Lipinski definition) is 5. The summed E-state index contributed by atoms with van der Waals surface area (Å²) in [7, 11) is -0.0504. The van der Waals surface area contributed by atoms with E-state index < -0.39 is 10.0 Å². The Hall–Kier alpha value is -2.03. The van der Waals surface area contributed by atoms with Crippen LogP contribution >= 0.6 is 15.9 Å². The predicted molar refractivity (Wildman–Crippen MR) is 120 cm³/mol. The lowest BCUT2D eigenvalue weighted by atomic mass is 10.2. The number of fused-ring (bicyclic) bond motifs is 1. The van der Waals surface area contributed by atoms with Gasteiger partial charge in [-0.25, -0.2) is 12.4 Å². The van der Waals surface area contributed by atoms with Crippen molar-refractivity contribution >= 4 is 42.5 Å². The van der Waals surface area contributed by atoms with Gasteiger partial charge in [0, 0.05) is 42.2 Å². The molecule has 0 radical (unpaired) electrons. The fourth-order valence-corrected chi connectivity index (χ4v) is 5.56. The van der Waals surface area contributed by atoms with Crippen molar-refractivity contribution in [2.24, 2.45) is 0 Å². The van der Waals surface area contributed by atoms with E-state index >= 15 is 0 Å². The quantitative estimate of drug-likeness (QED) is 0.573. The minimum absolute atomic E-state index is 0.254. The second-order valence-corrected chi connectivity index (χ2v) is 10.1. The lowest BCUT2D eigenvalue weighted by Gasteiger charge is -2.34. The Balaban J connectivity index is 1.82. The van der Waals surface area contributed by atoms with E-state index in [4.69, 9.17) is 4.74 Å². The number of piperazine rings is 1. The average Bonchev–Trinajstić information content (AvgIpc) is 3.04. The van der Waals surface area contributed by atoms with Crippen molar-refractivity contribution in [1.29, 1.82) is 0 Å². The fourth-order valence-electron chi connectivity index (χ4n) is 3.77. The lowest BCUT2D eigenvalue weighted by Crippen LogP contribution is -2.44. The van der Waals surface area contributed by atoms with E-state index in [-0.39, 0.29) is 4.90 Å². The molecule has 1 fully saturated rings. The van der Waals surface area contributed by atoms with E-state index in [0.29, 0.717) is 11.3 Å². The first-order valence-corrected chi connectivity index (χ1v) is 11.7. The van der Waals surface area contributed by atoms with Crippen LogP contribution in [0.2, 0.25) is 0 Å². The molecule has 1 aromatic heterocycles. The molecule has 0 amide bonds. The summed E-state index contributed by atoms with van der Waals surface area (Å²) in [6, 6.07) is 10.8. The van der Waals surface area contributed by atoms with Crippen molar-refractivity contribution in [2.75, 3.05) is 45.2 Å². The third kappa shape index (κ3) is 3.65. The van der Waals surface area contributed by atoms with Gasteiger partial charge in [0.15, 0.2) is 0 Å². The van der Waals surface area contributed by atoms with E-state index in [2.05, 4.69) is 32.8 Å². The highest BCUT2D eigenvalue weighted by molar-refractivity contribution is 9.10. The molecule has 8 heteroatoms. The third-order valence-corrected chi connectivity index (χ3v) is 7.65. The topological polar surface area (TPSA) is 54.8 Å². The molecule has 154 valence electrons. The number of likely N-dealkylation sites (N-methyl/N-ethyl adjacent to an activating group) is 1. The Morgan fingerprint density at radius 3 is 2.45 bits per heavy atom. The Morgan fingerprint density at radius 1 is 1.03 bits per heavy atom. The summed E-state index contributed by atoms with van der Waals surface area (Å²) in [6.45, 7) is 5.43. The monoisotopic (exact) mass is 477 g/mol. The number of anilines is 1. The van der Waals surface area contributed by atoms with Gasteiger partial charge in [0.25, 0.3) is 10.0 Å². The molecule has 2 heterocycles. The Bertz CT molecular complexity index is 1170. The molecule has 0 spiro atoms. The van der Waals surface area contributed by atoms with Crippen LogP contribution in [0.15, 0.2) is 52.0 Å². The molecular weight excluding hydrogens is 454 g/mol. The number of rotatable bonds is 4. The van der Waals surface area contributed by atoms with Gasteiger partial charge in [-0.3, -0.25) is 0 Å². The van der Waals surface area contributed by atoms with Crippen LogP contribution in [-0.4, -0.2) is 57.6 Å². The predicted octanol–water partition coefficient (Wildman–Crippen LogP) is 3.71. The molecule has 6 nitrogen and oxygen atoms in total. The van der Waals surface area contributed by atoms with Crippen LogP contribution in [0.4, 0.5) is 5.69 Å². The van der Waals surface area contributed by atoms with Crippen molar-refractivity contribution < 1.29 is 13.2 Å². The number of hydrogen-bond donors (Lipinski definition) is 0. The molecular formula is C21H24BrN3O3S. The Morgan fingerprint density at radius 2 is 1.76 bits per heavy atom. The van der Waals surface area contributed by atoms with E-state index in [0.717, 1.165) is 47.3 Å². The maximum atomic E-state index is 13.5. The highest BCUT2D eigenvalue weighted by Crippen LogP contribution is 2.34. The number of halogens is 1. The summed E-state index contributed by atoms with van der Waals surface area (Å²) in [6.07, 6.45) is 1.69. The van der Waals surface area contributed by atoms with Gasteiger partial charge in [0.2, 0.25) is 0 Å². The molecule has 4 rings (SSSR count). The summed E-state index contributed by atoms with van der Waals surface area (Å²) in [5.41, 5.74) is 2.40. The summed E-state index contributed by atoms with van der Waals surface area (Å²) in [5, 5.41) is 0.921. The van der Waals surface area contributed by atoms with E-state index in [1.165, 1.54) is 3.97 Å². The number of nitrogens with zero attached hydrogens (tertiary/aromatic N) is 3. The SMILES string of the molecule is COc1ccc(S(=O)(=O)n2cc(C)c3ccc(Br)cc32)cc1N1CCN(C)CC1. The van der Waals surface area contributed by atoms with Gasteiger partial charge in [-0.1, -0.05) is 22.0 Å². The molecule has 2 aromatic carbocycles. The highest BCUT2D eigenvalue weighted by Gasteiger charge is 2.24. The minimum Gasteiger partial charge on any atom is -0.495 e. The third-order valence-electron chi connectivity index (χ3n) is 5.48. The highest BCUT2D eigenvalue weighted by atomic mass is 79.9. The van der Waals surface area contributed by atoms with E-state index in [1.54, 1.807) is 31.5 Å². The van der Waals surface area contributed by atoms with Gasteiger partial charge in [-0.15, -0.1) is 0 Å². The molecule has 1 aliphatic heterocycles. The normalized spacial score (nSPS) is 15.8. The van der Waals surface area contributed by atoms with Crippen LogP contribution < -0.4 is 9.64 Å². The molecule has 0 unspecified atom stereocenters. The number of aromatic nitrogens is 1. The van der Waals surface area contributed by atoms with Crippen LogP contribution in [0.25, 0.3) is 10.9 Å². The number of ether oxygens (including phenoxy) is 1. The zero-order valence-electron chi connectivity index (χ0n) is 16.7. The first-order valence-electron chi connectivity index (χ1n) is 9.45. The minimum atomic E-state index is -3.76. The van der Waals surface area contributed by atoms with Crippen LogP contribution in [0.1, 0.15) is 5.56 Å². The van der Waals surface area contributed by atoms with Gasteiger partial charge in [-0.05, 0) is 49.9 Å². The first-order chi connectivity index (χ1) is 13.8. The van der Waals surface area contributed by atoms with Crippen molar-refractivity contribution in [3.8, 4) is 5.75 Å². The molecule has 3 aromatic rings. The number of methoxy groups -OCH3 is 1. The van der Waals surface area contributed by atoms with Gasteiger partial charge < -0.3 is 14.5 Å². The van der Waals surface area contributed by atoms with Gasteiger partial charge in [0.05, 0.1) is 23.2 Å². The zero-order chi connectivity index (χ0) is 20.8. The molecule has 0 saturated carbocycles. The summed E-state index contributed by atoms with van der Waals surface area (Å²) < 4.78 is 34.8. The van der Waals surface area contributed by atoms with Crippen LogP contribution in [0, 0.1) is 6.92 Å².